The Bertz CT molecular complexity index is 1260. The van der Waals surface area contributed by atoms with Gasteiger partial charge in [-0.2, -0.15) is 13.2 Å². The summed E-state index contributed by atoms with van der Waals surface area (Å²) in [5.74, 6) is 0.220. The van der Waals surface area contributed by atoms with Gasteiger partial charge in [0.15, 0.2) is 0 Å². The quantitative estimate of drug-likeness (QED) is 0.437. The van der Waals surface area contributed by atoms with Gasteiger partial charge in [0.05, 0.1) is 27.7 Å². The minimum Gasteiger partial charge on any atom is -0.489 e. The molecule has 0 N–H and O–H groups in total. The van der Waals surface area contributed by atoms with E-state index in [2.05, 4.69) is 0 Å². The summed E-state index contributed by atoms with van der Waals surface area (Å²) in [6, 6.07) is 13.5. The van der Waals surface area contributed by atoms with Crippen LogP contribution in [0.2, 0.25) is 10.0 Å². The van der Waals surface area contributed by atoms with Crippen molar-refractivity contribution in [1.82, 2.24) is 0 Å². The summed E-state index contributed by atoms with van der Waals surface area (Å²) >= 11 is 12.4. The predicted octanol–water partition coefficient (Wildman–Crippen LogP) is 6.27. The van der Waals surface area contributed by atoms with Crippen LogP contribution in [0.4, 0.5) is 18.9 Å². The number of ether oxygens (including phenoxy) is 1. The van der Waals surface area contributed by atoms with Crippen molar-refractivity contribution >= 4 is 38.9 Å². The lowest BCUT2D eigenvalue weighted by molar-refractivity contribution is -0.137. The number of sulfonamides is 1. The Morgan fingerprint density at radius 3 is 2.42 bits per heavy atom. The van der Waals surface area contributed by atoms with Gasteiger partial charge in [-0.25, -0.2) is 8.42 Å². The first-order chi connectivity index (χ1) is 14.6. The Morgan fingerprint density at radius 2 is 1.71 bits per heavy atom. The maximum absolute atomic E-state index is 13.3. The molecule has 1 heterocycles. The van der Waals surface area contributed by atoms with Crippen LogP contribution in [-0.4, -0.2) is 21.6 Å². The lowest BCUT2D eigenvalue weighted by Gasteiger charge is -2.31. The molecule has 10 heteroatoms. The van der Waals surface area contributed by atoms with E-state index in [9.17, 15) is 21.6 Å². The Labute approximate surface area is 186 Å². The van der Waals surface area contributed by atoms with E-state index in [1.807, 2.05) is 0 Å². The molecule has 0 saturated heterocycles. The van der Waals surface area contributed by atoms with Crippen LogP contribution in [0, 0.1) is 0 Å². The van der Waals surface area contributed by atoms with Gasteiger partial charge >= 0.3 is 6.18 Å². The van der Waals surface area contributed by atoms with Crippen LogP contribution in [0.5, 0.6) is 5.75 Å². The monoisotopic (exact) mass is 487 g/mol. The molecule has 0 atom stereocenters. The number of nitrogens with zero attached hydrogens (tertiary/aromatic N) is 1. The van der Waals surface area contributed by atoms with Crippen molar-refractivity contribution in [2.24, 2.45) is 0 Å². The highest BCUT2D eigenvalue weighted by Gasteiger charge is 2.35. The molecule has 4 rings (SSSR count). The Balaban J connectivity index is 1.83. The van der Waals surface area contributed by atoms with Crippen molar-refractivity contribution in [1.29, 1.82) is 0 Å². The van der Waals surface area contributed by atoms with Gasteiger partial charge in [-0.1, -0.05) is 41.4 Å². The highest BCUT2D eigenvalue weighted by Crippen LogP contribution is 2.43. The molecule has 3 aromatic rings. The molecule has 0 radical (unpaired) electrons. The highest BCUT2D eigenvalue weighted by molar-refractivity contribution is 7.92. The molecule has 31 heavy (non-hydrogen) atoms. The maximum Gasteiger partial charge on any atom is 0.416 e. The SMILES string of the molecule is O=S(=O)(c1cccc(C(F)(F)F)c1)N1CCOc2cc(Cl)c(-c3cccc(Cl)c3)cc21. The minimum atomic E-state index is -4.66. The van der Waals surface area contributed by atoms with Crippen LogP contribution in [0.3, 0.4) is 0 Å². The molecule has 0 fully saturated rings. The zero-order valence-electron chi connectivity index (χ0n) is 15.7. The van der Waals surface area contributed by atoms with Gasteiger partial charge in [0.25, 0.3) is 10.0 Å². The van der Waals surface area contributed by atoms with Crippen molar-refractivity contribution in [3.63, 3.8) is 0 Å². The van der Waals surface area contributed by atoms with E-state index in [1.54, 1.807) is 24.3 Å². The number of alkyl halides is 3. The van der Waals surface area contributed by atoms with Gasteiger partial charge in [-0.15, -0.1) is 0 Å². The summed E-state index contributed by atoms with van der Waals surface area (Å²) in [4.78, 5) is -0.463. The van der Waals surface area contributed by atoms with Crippen LogP contribution < -0.4 is 9.04 Å². The van der Waals surface area contributed by atoms with Gasteiger partial charge in [-0.3, -0.25) is 4.31 Å². The van der Waals surface area contributed by atoms with Gasteiger partial charge < -0.3 is 4.74 Å². The second-order valence-corrected chi connectivity index (χ2v) is 9.47. The maximum atomic E-state index is 13.3. The van der Waals surface area contributed by atoms with E-state index in [0.717, 1.165) is 22.5 Å². The van der Waals surface area contributed by atoms with Crippen molar-refractivity contribution in [2.75, 3.05) is 17.5 Å². The molecule has 0 aliphatic carbocycles. The zero-order valence-corrected chi connectivity index (χ0v) is 18.0. The van der Waals surface area contributed by atoms with Crippen molar-refractivity contribution in [3.05, 3.63) is 76.3 Å². The predicted molar refractivity (Wildman–Crippen MR) is 113 cm³/mol. The Kier molecular flexibility index (Phi) is 5.57. The molecule has 0 bridgehead atoms. The number of hydrogen-bond donors (Lipinski definition) is 0. The van der Waals surface area contributed by atoms with E-state index in [0.29, 0.717) is 27.2 Å². The third-order valence-electron chi connectivity index (χ3n) is 4.75. The molecule has 0 unspecified atom stereocenters. The lowest BCUT2D eigenvalue weighted by atomic mass is 10.0. The average molecular weight is 488 g/mol. The number of halogens is 5. The fraction of sp³-hybridized carbons (Fsp3) is 0.143. The number of anilines is 1. The molecule has 4 nitrogen and oxygen atoms in total. The van der Waals surface area contributed by atoms with Gasteiger partial charge in [-0.05, 0) is 42.0 Å². The fourth-order valence-electron chi connectivity index (χ4n) is 3.30. The second kappa shape index (κ2) is 7.93. The first kappa shape index (κ1) is 21.8. The van der Waals surface area contributed by atoms with Crippen LogP contribution in [0.15, 0.2) is 65.6 Å². The smallest absolute Gasteiger partial charge is 0.416 e. The van der Waals surface area contributed by atoms with E-state index < -0.39 is 26.7 Å². The number of hydrogen-bond acceptors (Lipinski definition) is 3. The van der Waals surface area contributed by atoms with Crippen molar-refractivity contribution in [2.45, 2.75) is 11.1 Å². The number of benzene rings is 3. The largest absolute Gasteiger partial charge is 0.489 e. The summed E-state index contributed by atoms with van der Waals surface area (Å²) in [5.41, 5.74) is 0.306. The fourth-order valence-corrected chi connectivity index (χ4v) is 5.25. The molecule has 162 valence electrons. The molecule has 1 aliphatic heterocycles. The average Bonchev–Trinajstić information content (AvgIpc) is 2.72. The summed E-state index contributed by atoms with van der Waals surface area (Å²) in [7, 11) is -4.29. The molecule has 0 aromatic heterocycles. The molecule has 3 aromatic carbocycles. The molecular weight excluding hydrogens is 474 g/mol. The summed E-state index contributed by atoms with van der Waals surface area (Å²) in [5, 5.41) is 0.787. The third kappa shape index (κ3) is 4.20. The van der Waals surface area contributed by atoms with Crippen molar-refractivity contribution < 1.29 is 26.3 Å². The standard InChI is InChI=1S/C21H14Cl2F3NO3S/c22-15-5-1-3-13(9-15)17-11-19-20(12-18(17)23)30-8-7-27(19)31(28,29)16-6-2-4-14(10-16)21(24,25)26/h1-6,9-12H,7-8H2. The second-order valence-electron chi connectivity index (χ2n) is 6.76. The zero-order chi connectivity index (χ0) is 22.4. The van der Waals surface area contributed by atoms with Gasteiger partial charge in [0, 0.05) is 16.7 Å². The van der Waals surface area contributed by atoms with Crippen LogP contribution in [0.1, 0.15) is 5.56 Å². The van der Waals surface area contributed by atoms with Gasteiger partial charge in [0.2, 0.25) is 0 Å². The van der Waals surface area contributed by atoms with Gasteiger partial charge in [0.1, 0.15) is 12.4 Å². The normalized spacial score (nSPS) is 14.2. The first-order valence-electron chi connectivity index (χ1n) is 9.00. The number of fused-ring (bicyclic) bond motifs is 1. The topological polar surface area (TPSA) is 46.6 Å². The molecule has 0 spiro atoms. The van der Waals surface area contributed by atoms with Crippen LogP contribution in [0.25, 0.3) is 11.1 Å². The molecule has 0 amide bonds. The highest BCUT2D eigenvalue weighted by atomic mass is 35.5. The Hall–Kier alpha value is -2.42. The molecule has 0 saturated carbocycles. The van der Waals surface area contributed by atoms with E-state index in [1.165, 1.54) is 12.1 Å². The van der Waals surface area contributed by atoms with Crippen molar-refractivity contribution in [3.8, 4) is 16.9 Å². The van der Waals surface area contributed by atoms with Crippen LogP contribution >= 0.6 is 23.2 Å². The first-order valence-corrected chi connectivity index (χ1v) is 11.2. The minimum absolute atomic E-state index is 0.0258. The summed E-state index contributed by atoms with van der Waals surface area (Å²) < 4.78 is 72.4. The molecular formula is C21H14Cl2F3NO3S. The van der Waals surface area contributed by atoms with Crippen LogP contribution in [-0.2, 0) is 16.2 Å². The van der Waals surface area contributed by atoms with E-state index >= 15 is 0 Å². The third-order valence-corrected chi connectivity index (χ3v) is 7.11. The lowest BCUT2D eigenvalue weighted by Crippen LogP contribution is -2.38. The Morgan fingerprint density at radius 1 is 0.968 bits per heavy atom. The van der Waals surface area contributed by atoms with E-state index in [4.69, 9.17) is 27.9 Å². The number of rotatable bonds is 3. The summed E-state index contributed by atoms with van der Waals surface area (Å²) in [6.45, 7) is -0.0414. The van der Waals surface area contributed by atoms with E-state index in [-0.39, 0.29) is 24.6 Å². The molecule has 1 aliphatic rings. The summed E-state index contributed by atoms with van der Waals surface area (Å²) in [6.07, 6.45) is -4.66.